The number of thiazole rings is 1. The molecule has 0 aliphatic rings. The molecule has 1 atom stereocenters. The predicted molar refractivity (Wildman–Crippen MR) is 86.3 cm³/mol. The minimum absolute atomic E-state index is 0.226. The van der Waals surface area contributed by atoms with Crippen molar-refractivity contribution in [1.29, 1.82) is 0 Å². The number of para-hydroxylation sites is 2. The Morgan fingerprint density at radius 1 is 1.14 bits per heavy atom. The van der Waals surface area contributed by atoms with Gasteiger partial charge in [0.15, 0.2) is 0 Å². The molecule has 21 heavy (non-hydrogen) atoms. The lowest BCUT2D eigenvalue weighted by atomic mass is 10.3. The van der Waals surface area contributed by atoms with Crippen LogP contribution in [0.2, 0.25) is 0 Å². The van der Waals surface area contributed by atoms with Crippen molar-refractivity contribution in [1.82, 2.24) is 20.3 Å². The molecule has 0 spiro atoms. The van der Waals surface area contributed by atoms with Gasteiger partial charge in [-0.3, -0.25) is 4.98 Å². The van der Waals surface area contributed by atoms with E-state index in [1.54, 1.807) is 11.3 Å². The van der Waals surface area contributed by atoms with E-state index in [1.165, 1.54) is 4.88 Å². The predicted octanol–water partition coefficient (Wildman–Crippen LogP) is 3.50. The van der Waals surface area contributed by atoms with Gasteiger partial charge >= 0.3 is 0 Å². The highest BCUT2D eigenvalue weighted by Gasteiger charge is 2.10. The number of nitrogens with one attached hydrogen (secondary N) is 1. The highest BCUT2D eigenvalue weighted by atomic mass is 32.1. The molecule has 1 N–H and O–H groups in total. The van der Waals surface area contributed by atoms with Gasteiger partial charge in [-0.05, 0) is 25.5 Å². The van der Waals surface area contributed by atoms with Crippen molar-refractivity contribution in [2.75, 3.05) is 0 Å². The van der Waals surface area contributed by atoms with Crippen molar-refractivity contribution in [2.45, 2.75) is 32.9 Å². The van der Waals surface area contributed by atoms with Gasteiger partial charge in [0.05, 0.1) is 29.0 Å². The number of rotatable bonds is 5. The molecule has 0 saturated carbocycles. The summed E-state index contributed by atoms with van der Waals surface area (Å²) < 4.78 is 0. The first kappa shape index (κ1) is 14.1. The molecule has 2 aromatic heterocycles. The standard InChI is InChI=1S/C16H18N4S/c1-3-13-10-19-16(21-13)11(2)17-8-12-9-18-14-6-4-5-7-15(14)20-12/h4-7,9-11,17H,3,8H2,1-2H3. The van der Waals surface area contributed by atoms with Crippen LogP contribution in [0.3, 0.4) is 0 Å². The zero-order valence-electron chi connectivity index (χ0n) is 12.2. The molecule has 5 heteroatoms. The van der Waals surface area contributed by atoms with Crippen LogP contribution >= 0.6 is 11.3 Å². The third kappa shape index (κ3) is 3.25. The topological polar surface area (TPSA) is 50.7 Å². The van der Waals surface area contributed by atoms with Crippen LogP contribution in [0, 0.1) is 0 Å². The van der Waals surface area contributed by atoms with Crippen LogP contribution in [-0.4, -0.2) is 15.0 Å². The smallest absolute Gasteiger partial charge is 0.109 e. The first-order valence-electron chi connectivity index (χ1n) is 7.15. The molecule has 0 amide bonds. The highest BCUT2D eigenvalue weighted by Crippen LogP contribution is 2.20. The van der Waals surface area contributed by atoms with Crippen LogP contribution in [0.5, 0.6) is 0 Å². The molecule has 0 aliphatic heterocycles. The molecule has 0 bridgehead atoms. The number of benzene rings is 1. The van der Waals surface area contributed by atoms with Gasteiger partial charge in [0.1, 0.15) is 5.01 Å². The van der Waals surface area contributed by atoms with E-state index < -0.39 is 0 Å². The molecular weight excluding hydrogens is 280 g/mol. The summed E-state index contributed by atoms with van der Waals surface area (Å²) in [4.78, 5) is 14.8. The summed E-state index contributed by atoms with van der Waals surface area (Å²) in [5.41, 5.74) is 2.82. The lowest BCUT2D eigenvalue weighted by molar-refractivity contribution is 0.565. The van der Waals surface area contributed by atoms with Gasteiger partial charge in [0.25, 0.3) is 0 Å². The molecule has 3 rings (SSSR count). The zero-order valence-corrected chi connectivity index (χ0v) is 13.0. The fourth-order valence-corrected chi connectivity index (χ4v) is 3.00. The summed E-state index contributed by atoms with van der Waals surface area (Å²) in [6.07, 6.45) is 4.84. The average molecular weight is 298 g/mol. The third-order valence-electron chi connectivity index (χ3n) is 3.38. The molecule has 108 valence electrons. The molecule has 1 unspecified atom stereocenters. The first-order valence-corrected chi connectivity index (χ1v) is 7.96. The Balaban J connectivity index is 1.68. The molecular formula is C16H18N4S. The van der Waals surface area contributed by atoms with E-state index in [1.807, 2.05) is 36.7 Å². The Kier molecular flexibility index (Phi) is 4.22. The second-order valence-corrected chi connectivity index (χ2v) is 6.12. The molecule has 4 nitrogen and oxygen atoms in total. The van der Waals surface area contributed by atoms with Crippen molar-refractivity contribution in [3.8, 4) is 0 Å². The zero-order chi connectivity index (χ0) is 14.7. The average Bonchev–Trinajstić information content (AvgIpc) is 3.01. The summed E-state index contributed by atoms with van der Waals surface area (Å²) in [5.74, 6) is 0. The van der Waals surface area contributed by atoms with Crippen LogP contribution in [-0.2, 0) is 13.0 Å². The van der Waals surface area contributed by atoms with E-state index in [0.717, 1.165) is 28.2 Å². The maximum Gasteiger partial charge on any atom is 0.109 e. The van der Waals surface area contributed by atoms with E-state index >= 15 is 0 Å². The lowest BCUT2D eigenvalue weighted by Gasteiger charge is -2.10. The van der Waals surface area contributed by atoms with Crippen LogP contribution in [0.15, 0.2) is 36.7 Å². The summed E-state index contributed by atoms with van der Waals surface area (Å²) in [5, 5.41) is 4.59. The number of fused-ring (bicyclic) bond motifs is 1. The molecule has 0 fully saturated rings. The number of nitrogens with zero attached hydrogens (tertiary/aromatic N) is 3. The number of hydrogen-bond donors (Lipinski definition) is 1. The normalized spacial score (nSPS) is 12.7. The Hall–Kier alpha value is -1.85. The van der Waals surface area contributed by atoms with Crippen LogP contribution in [0.1, 0.15) is 35.5 Å². The van der Waals surface area contributed by atoms with Crippen LogP contribution in [0.4, 0.5) is 0 Å². The molecule has 2 heterocycles. The Bertz CT molecular complexity index is 738. The van der Waals surface area contributed by atoms with Crippen LogP contribution < -0.4 is 5.32 Å². The van der Waals surface area contributed by atoms with E-state index in [4.69, 9.17) is 0 Å². The summed E-state index contributed by atoms with van der Waals surface area (Å²) in [7, 11) is 0. The largest absolute Gasteiger partial charge is 0.302 e. The Morgan fingerprint density at radius 2 is 1.95 bits per heavy atom. The van der Waals surface area contributed by atoms with Gasteiger partial charge in [-0.15, -0.1) is 11.3 Å². The summed E-state index contributed by atoms with van der Waals surface area (Å²) in [6, 6.07) is 8.15. The fraction of sp³-hybridized carbons (Fsp3) is 0.312. The van der Waals surface area contributed by atoms with Crippen molar-refractivity contribution in [3.05, 3.63) is 52.2 Å². The lowest BCUT2D eigenvalue weighted by Crippen LogP contribution is -2.18. The number of hydrogen-bond acceptors (Lipinski definition) is 5. The van der Waals surface area contributed by atoms with Gasteiger partial charge < -0.3 is 5.32 Å². The number of aryl methyl sites for hydroxylation is 1. The monoisotopic (exact) mass is 298 g/mol. The summed E-state index contributed by atoms with van der Waals surface area (Å²) in [6.45, 7) is 4.98. The van der Waals surface area contributed by atoms with E-state index in [-0.39, 0.29) is 6.04 Å². The van der Waals surface area contributed by atoms with Gasteiger partial charge in [0.2, 0.25) is 0 Å². The van der Waals surface area contributed by atoms with Crippen molar-refractivity contribution in [2.24, 2.45) is 0 Å². The van der Waals surface area contributed by atoms with E-state index in [9.17, 15) is 0 Å². The maximum atomic E-state index is 4.62. The Labute approximate surface area is 128 Å². The van der Waals surface area contributed by atoms with E-state index in [2.05, 4.69) is 34.1 Å². The molecule has 0 aliphatic carbocycles. The highest BCUT2D eigenvalue weighted by molar-refractivity contribution is 7.11. The molecule has 1 aromatic carbocycles. The second-order valence-electron chi connectivity index (χ2n) is 4.97. The third-order valence-corrected chi connectivity index (χ3v) is 4.70. The SMILES string of the molecule is CCc1cnc(C(C)NCc2cnc3ccccc3n2)s1. The van der Waals surface area contributed by atoms with Gasteiger partial charge in [-0.25, -0.2) is 9.97 Å². The maximum absolute atomic E-state index is 4.62. The molecule has 0 radical (unpaired) electrons. The van der Waals surface area contributed by atoms with Crippen molar-refractivity contribution in [3.63, 3.8) is 0 Å². The minimum atomic E-state index is 0.226. The van der Waals surface area contributed by atoms with Crippen molar-refractivity contribution >= 4 is 22.4 Å². The second kappa shape index (κ2) is 6.28. The van der Waals surface area contributed by atoms with E-state index in [0.29, 0.717) is 6.54 Å². The number of aromatic nitrogens is 3. The fourth-order valence-electron chi connectivity index (χ4n) is 2.11. The minimum Gasteiger partial charge on any atom is -0.302 e. The quantitative estimate of drug-likeness (QED) is 0.783. The Morgan fingerprint density at radius 3 is 2.71 bits per heavy atom. The van der Waals surface area contributed by atoms with Gasteiger partial charge in [-0.1, -0.05) is 19.1 Å². The molecule has 3 aromatic rings. The summed E-state index contributed by atoms with van der Waals surface area (Å²) >= 11 is 1.77. The van der Waals surface area contributed by atoms with Gasteiger partial charge in [-0.2, -0.15) is 0 Å². The van der Waals surface area contributed by atoms with Crippen molar-refractivity contribution < 1.29 is 0 Å². The first-order chi connectivity index (χ1) is 10.3. The van der Waals surface area contributed by atoms with Gasteiger partial charge in [0, 0.05) is 17.6 Å². The molecule has 0 saturated heterocycles. The van der Waals surface area contributed by atoms with Crippen LogP contribution in [0.25, 0.3) is 11.0 Å².